The molecule has 0 aliphatic heterocycles. The average Bonchev–Trinajstić information content (AvgIpc) is 2.79. The van der Waals surface area contributed by atoms with Gasteiger partial charge in [0.15, 0.2) is 0 Å². The third-order valence-corrected chi connectivity index (χ3v) is 5.75. The summed E-state index contributed by atoms with van der Waals surface area (Å²) in [5.41, 5.74) is 8.19. The second-order valence-electron chi connectivity index (χ2n) is 8.48. The first-order chi connectivity index (χ1) is 15.7. The molecular formula is C25H24F3N3O2. The number of fused-ring (bicyclic) bond motifs is 1. The molecule has 0 amide bonds. The van der Waals surface area contributed by atoms with Gasteiger partial charge in [-0.1, -0.05) is 49.4 Å². The van der Waals surface area contributed by atoms with Crippen LogP contribution in [0.3, 0.4) is 0 Å². The zero-order valence-electron chi connectivity index (χ0n) is 18.0. The lowest BCUT2D eigenvalue weighted by atomic mass is 9.85. The van der Waals surface area contributed by atoms with Crippen LogP contribution in [0.25, 0.3) is 11.3 Å². The largest absolute Gasteiger partial charge is 0.456 e. The van der Waals surface area contributed by atoms with Crippen molar-refractivity contribution in [3.05, 3.63) is 83.0 Å². The molecule has 0 radical (unpaired) electrons. The Morgan fingerprint density at radius 2 is 1.88 bits per heavy atom. The number of esters is 1. The van der Waals surface area contributed by atoms with Crippen LogP contribution < -0.4 is 5.73 Å². The van der Waals surface area contributed by atoms with Gasteiger partial charge in [-0.05, 0) is 48.9 Å². The highest BCUT2D eigenvalue weighted by molar-refractivity contribution is 5.76. The first kappa shape index (κ1) is 22.9. The van der Waals surface area contributed by atoms with Crippen molar-refractivity contribution in [2.45, 2.75) is 44.5 Å². The minimum atomic E-state index is -4.46. The molecule has 3 aromatic rings. The van der Waals surface area contributed by atoms with Crippen LogP contribution in [-0.2, 0) is 28.5 Å². The van der Waals surface area contributed by atoms with E-state index in [1.54, 1.807) is 12.1 Å². The summed E-state index contributed by atoms with van der Waals surface area (Å²) in [6.07, 6.45) is -3.48. The number of nitrogens with two attached hydrogens (primary N) is 1. The van der Waals surface area contributed by atoms with Gasteiger partial charge in [0.05, 0.1) is 17.0 Å². The molecule has 0 bridgehead atoms. The van der Waals surface area contributed by atoms with Crippen LogP contribution >= 0.6 is 0 Å². The maximum absolute atomic E-state index is 13.1. The number of halogens is 3. The first-order valence-corrected chi connectivity index (χ1v) is 10.7. The van der Waals surface area contributed by atoms with E-state index in [0.717, 1.165) is 17.7 Å². The van der Waals surface area contributed by atoms with E-state index < -0.39 is 29.9 Å². The van der Waals surface area contributed by atoms with E-state index >= 15 is 0 Å². The van der Waals surface area contributed by atoms with Crippen LogP contribution in [0.2, 0.25) is 0 Å². The van der Waals surface area contributed by atoms with Gasteiger partial charge in [-0.3, -0.25) is 4.79 Å². The standard InChI is InChI=1S/C25H24F3N3O2/c1-15-10-22-19(14-21(30-31-22)17-8-5-9-18(13-17)25(26,27)28)23(11-15)33-24(32)20(29)12-16-6-3-2-4-7-16/h2-9,13-15,20,23H,10-12,29H2,1H3/t15?,20-,23?/m0/s1. The molecule has 1 heterocycles. The molecule has 172 valence electrons. The molecule has 33 heavy (non-hydrogen) atoms. The van der Waals surface area contributed by atoms with Gasteiger partial charge in [0, 0.05) is 11.1 Å². The predicted octanol–water partition coefficient (Wildman–Crippen LogP) is 4.90. The van der Waals surface area contributed by atoms with Crippen LogP contribution in [0.1, 0.15) is 41.8 Å². The molecule has 2 aromatic carbocycles. The average molecular weight is 455 g/mol. The third-order valence-electron chi connectivity index (χ3n) is 5.75. The number of aromatic nitrogens is 2. The maximum atomic E-state index is 13.1. The van der Waals surface area contributed by atoms with Crippen LogP contribution in [0.5, 0.6) is 0 Å². The van der Waals surface area contributed by atoms with Gasteiger partial charge in [0.25, 0.3) is 0 Å². The van der Waals surface area contributed by atoms with Crippen LogP contribution in [0.15, 0.2) is 60.7 Å². The Morgan fingerprint density at radius 3 is 2.61 bits per heavy atom. The zero-order valence-corrected chi connectivity index (χ0v) is 18.0. The van der Waals surface area contributed by atoms with Crippen molar-refractivity contribution in [3.63, 3.8) is 0 Å². The number of hydrogen-bond acceptors (Lipinski definition) is 5. The molecule has 2 unspecified atom stereocenters. The smallest absolute Gasteiger partial charge is 0.416 e. The fourth-order valence-electron chi connectivity index (χ4n) is 4.06. The summed E-state index contributed by atoms with van der Waals surface area (Å²) in [5, 5.41) is 8.40. The van der Waals surface area contributed by atoms with Gasteiger partial charge in [-0.2, -0.15) is 23.4 Å². The predicted molar refractivity (Wildman–Crippen MR) is 117 cm³/mol. The van der Waals surface area contributed by atoms with E-state index in [2.05, 4.69) is 10.2 Å². The van der Waals surface area contributed by atoms with E-state index in [0.29, 0.717) is 41.8 Å². The van der Waals surface area contributed by atoms with E-state index in [-0.39, 0.29) is 5.92 Å². The van der Waals surface area contributed by atoms with E-state index in [9.17, 15) is 18.0 Å². The number of alkyl halides is 3. The lowest BCUT2D eigenvalue weighted by molar-refractivity contribution is -0.152. The van der Waals surface area contributed by atoms with Crippen molar-refractivity contribution in [3.8, 4) is 11.3 Å². The van der Waals surface area contributed by atoms with Gasteiger partial charge in [0.1, 0.15) is 12.1 Å². The summed E-state index contributed by atoms with van der Waals surface area (Å²) in [7, 11) is 0. The summed E-state index contributed by atoms with van der Waals surface area (Å²) in [4.78, 5) is 12.7. The Bertz CT molecular complexity index is 1140. The van der Waals surface area contributed by atoms with Gasteiger partial charge < -0.3 is 10.5 Å². The normalized spacial score (nSPS) is 18.9. The molecule has 8 heteroatoms. The SMILES string of the molecule is CC1Cc2nnc(-c3cccc(C(F)(F)F)c3)cc2C(OC(=O)[C@@H](N)Cc2ccccc2)C1. The molecule has 3 atom stereocenters. The zero-order chi connectivity index (χ0) is 23.6. The van der Waals surface area contributed by atoms with Gasteiger partial charge in [-0.25, -0.2) is 0 Å². The highest BCUT2D eigenvalue weighted by atomic mass is 19.4. The monoisotopic (exact) mass is 455 g/mol. The molecular weight excluding hydrogens is 431 g/mol. The lowest BCUT2D eigenvalue weighted by Crippen LogP contribution is -2.36. The molecule has 0 saturated carbocycles. The Morgan fingerprint density at radius 1 is 1.12 bits per heavy atom. The number of rotatable bonds is 5. The molecule has 0 fully saturated rings. The highest BCUT2D eigenvalue weighted by Gasteiger charge is 2.32. The molecule has 2 N–H and O–H groups in total. The molecule has 1 aliphatic carbocycles. The molecule has 1 aromatic heterocycles. The minimum Gasteiger partial charge on any atom is -0.456 e. The number of ether oxygens (including phenoxy) is 1. The van der Waals surface area contributed by atoms with E-state index in [1.807, 2.05) is 37.3 Å². The van der Waals surface area contributed by atoms with Gasteiger partial charge in [0.2, 0.25) is 0 Å². The third kappa shape index (κ3) is 5.39. The van der Waals surface area contributed by atoms with E-state index in [1.165, 1.54) is 6.07 Å². The van der Waals surface area contributed by atoms with Crippen LogP contribution in [0.4, 0.5) is 13.2 Å². The highest BCUT2D eigenvalue weighted by Crippen LogP contribution is 2.37. The fourth-order valence-corrected chi connectivity index (χ4v) is 4.06. The molecule has 5 nitrogen and oxygen atoms in total. The number of benzene rings is 2. The van der Waals surface area contributed by atoms with Crippen molar-refractivity contribution < 1.29 is 22.7 Å². The molecule has 0 saturated heterocycles. The molecule has 1 aliphatic rings. The van der Waals surface area contributed by atoms with Crippen LogP contribution in [-0.4, -0.2) is 22.2 Å². The molecule has 0 spiro atoms. The van der Waals surface area contributed by atoms with Crippen molar-refractivity contribution in [1.82, 2.24) is 10.2 Å². The summed E-state index contributed by atoms with van der Waals surface area (Å²) < 4.78 is 45.2. The Labute approximate surface area is 189 Å². The second-order valence-corrected chi connectivity index (χ2v) is 8.48. The first-order valence-electron chi connectivity index (χ1n) is 10.7. The number of carbonyl (C=O) groups is 1. The summed E-state index contributed by atoms with van der Waals surface area (Å²) in [5.74, 6) is -0.323. The molecule has 4 rings (SSSR count). The van der Waals surface area contributed by atoms with Crippen molar-refractivity contribution in [1.29, 1.82) is 0 Å². The quantitative estimate of drug-likeness (QED) is 0.554. The maximum Gasteiger partial charge on any atom is 0.416 e. The lowest BCUT2D eigenvalue weighted by Gasteiger charge is -2.29. The van der Waals surface area contributed by atoms with Crippen LogP contribution in [0, 0.1) is 5.92 Å². The Balaban J connectivity index is 1.58. The number of nitrogens with zero attached hydrogens (tertiary/aromatic N) is 2. The summed E-state index contributed by atoms with van der Waals surface area (Å²) >= 11 is 0. The Kier molecular flexibility index (Phi) is 6.47. The van der Waals surface area contributed by atoms with Crippen molar-refractivity contribution in [2.24, 2.45) is 11.7 Å². The fraction of sp³-hybridized carbons (Fsp3) is 0.320. The van der Waals surface area contributed by atoms with Crippen molar-refractivity contribution in [2.75, 3.05) is 0 Å². The summed E-state index contributed by atoms with van der Waals surface area (Å²) in [6.45, 7) is 2.02. The summed E-state index contributed by atoms with van der Waals surface area (Å²) in [6, 6.07) is 15.2. The topological polar surface area (TPSA) is 78.1 Å². The van der Waals surface area contributed by atoms with Gasteiger partial charge in [-0.15, -0.1) is 0 Å². The Hall–Kier alpha value is -3.26. The number of carbonyl (C=O) groups excluding carboxylic acids is 1. The minimum absolute atomic E-state index is 0.203. The van der Waals surface area contributed by atoms with Crippen molar-refractivity contribution >= 4 is 5.97 Å². The number of hydrogen-bond donors (Lipinski definition) is 1. The van der Waals surface area contributed by atoms with Gasteiger partial charge >= 0.3 is 12.1 Å². The second kappa shape index (κ2) is 9.31. The van der Waals surface area contributed by atoms with E-state index in [4.69, 9.17) is 10.5 Å².